The van der Waals surface area contributed by atoms with E-state index in [0.29, 0.717) is 26.7 Å². The minimum atomic E-state index is -4.75. The number of aldehydes is 1. The molecule has 1 unspecified atom stereocenters. The number of aliphatic hydroxyl groups is 1. The number of ether oxygens (including phenoxy) is 2. The van der Waals surface area contributed by atoms with Gasteiger partial charge in [0.15, 0.2) is 6.10 Å². The van der Waals surface area contributed by atoms with E-state index in [1.807, 2.05) is 48.5 Å². The van der Waals surface area contributed by atoms with Gasteiger partial charge in [-0.05, 0) is 60.2 Å². The van der Waals surface area contributed by atoms with Crippen molar-refractivity contribution in [1.29, 1.82) is 0 Å². The van der Waals surface area contributed by atoms with Crippen LogP contribution in [0.2, 0.25) is 10.0 Å². The Morgan fingerprint density at radius 1 is 0.762 bits per heavy atom. The largest absolute Gasteiger partial charge is 0.429 e. The quantitative estimate of drug-likeness (QED) is 0.181. The van der Waals surface area contributed by atoms with Crippen molar-refractivity contribution in [3.8, 4) is 21.9 Å². The van der Waals surface area contributed by atoms with Crippen LogP contribution < -0.4 is 9.47 Å². The SMILES string of the molecule is O=Cc1ccc(Oc2nc3ccccc3s2)c(Cl)c1.OC(c1ccc(Oc2nc3ccccc3s2)c(Cl)c1)C(F)(F)F. The predicted octanol–water partition coefficient (Wildman–Crippen LogP) is 9.89. The number of halogens is 5. The fourth-order valence-electron chi connectivity index (χ4n) is 3.61. The molecule has 6 nitrogen and oxygen atoms in total. The van der Waals surface area contributed by atoms with Gasteiger partial charge in [0.2, 0.25) is 0 Å². The molecule has 0 aliphatic carbocycles. The van der Waals surface area contributed by atoms with Crippen LogP contribution in [0.4, 0.5) is 13.2 Å². The number of para-hydroxylation sites is 2. The van der Waals surface area contributed by atoms with Crippen LogP contribution in [-0.4, -0.2) is 27.5 Å². The Bertz CT molecular complexity index is 1810. The number of thiazole rings is 2. The van der Waals surface area contributed by atoms with Gasteiger partial charge in [-0.2, -0.15) is 13.2 Å². The zero-order chi connectivity index (χ0) is 29.9. The molecule has 1 atom stereocenters. The molecule has 0 fully saturated rings. The van der Waals surface area contributed by atoms with Gasteiger partial charge in [0.25, 0.3) is 10.4 Å². The summed E-state index contributed by atoms with van der Waals surface area (Å²) in [5.74, 6) is 0.662. The Kier molecular flexibility index (Phi) is 8.95. The van der Waals surface area contributed by atoms with Gasteiger partial charge in [0, 0.05) is 5.56 Å². The molecule has 0 bridgehead atoms. The summed E-state index contributed by atoms with van der Waals surface area (Å²) < 4.78 is 50.7. The summed E-state index contributed by atoms with van der Waals surface area (Å²) in [6, 6.07) is 23.5. The van der Waals surface area contributed by atoms with Crippen molar-refractivity contribution in [3.05, 3.63) is 106 Å². The summed E-state index contributed by atoms with van der Waals surface area (Å²) in [5, 5.41) is 10.4. The van der Waals surface area contributed by atoms with Crippen molar-refractivity contribution < 1.29 is 32.5 Å². The molecule has 0 aliphatic rings. The van der Waals surface area contributed by atoms with Gasteiger partial charge in [-0.1, -0.05) is 76.2 Å². The molecule has 1 N–H and O–H groups in total. The number of aromatic nitrogens is 2. The normalized spacial score (nSPS) is 12.0. The molecular weight excluding hydrogens is 632 g/mol. The monoisotopic (exact) mass is 648 g/mol. The smallest absolute Gasteiger partial charge is 0.418 e. The first kappa shape index (κ1) is 29.7. The Hall–Kier alpha value is -3.74. The van der Waals surface area contributed by atoms with Gasteiger partial charge in [0.1, 0.15) is 17.8 Å². The molecule has 6 aromatic rings. The molecule has 0 saturated heterocycles. The van der Waals surface area contributed by atoms with E-state index in [2.05, 4.69) is 9.97 Å². The second-order valence-corrected chi connectivity index (χ2v) is 11.3. The van der Waals surface area contributed by atoms with Crippen molar-refractivity contribution in [2.24, 2.45) is 0 Å². The number of carbonyl (C=O) groups is 1. The van der Waals surface area contributed by atoms with Gasteiger partial charge < -0.3 is 14.6 Å². The molecular formula is C29H17Cl2F3N2O4S2. The lowest BCUT2D eigenvalue weighted by molar-refractivity contribution is -0.206. The number of aliphatic hydroxyl groups excluding tert-OH is 1. The zero-order valence-electron chi connectivity index (χ0n) is 21.0. The third-order valence-corrected chi connectivity index (χ3v) is 8.04. The van der Waals surface area contributed by atoms with Crippen LogP contribution in [0.3, 0.4) is 0 Å². The molecule has 0 radical (unpaired) electrons. The minimum Gasteiger partial charge on any atom is -0.429 e. The van der Waals surface area contributed by atoms with Gasteiger partial charge in [-0.25, -0.2) is 9.97 Å². The molecule has 4 aromatic carbocycles. The van der Waals surface area contributed by atoms with Crippen LogP contribution >= 0.6 is 45.9 Å². The molecule has 42 heavy (non-hydrogen) atoms. The average Bonchev–Trinajstić information content (AvgIpc) is 3.57. The fourth-order valence-corrected chi connectivity index (χ4v) is 5.72. The van der Waals surface area contributed by atoms with Crippen molar-refractivity contribution in [3.63, 3.8) is 0 Å². The third-order valence-electron chi connectivity index (χ3n) is 5.62. The molecule has 13 heteroatoms. The van der Waals surface area contributed by atoms with E-state index in [4.69, 9.17) is 32.7 Å². The number of alkyl halides is 3. The van der Waals surface area contributed by atoms with Crippen molar-refractivity contribution in [2.45, 2.75) is 12.3 Å². The highest BCUT2D eigenvalue weighted by atomic mass is 35.5. The Morgan fingerprint density at radius 2 is 1.26 bits per heavy atom. The van der Waals surface area contributed by atoms with Gasteiger partial charge in [-0.15, -0.1) is 0 Å². The second-order valence-electron chi connectivity index (χ2n) is 8.54. The lowest BCUT2D eigenvalue weighted by Gasteiger charge is -2.15. The highest BCUT2D eigenvalue weighted by molar-refractivity contribution is 7.20. The highest BCUT2D eigenvalue weighted by Gasteiger charge is 2.39. The summed E-state index contributed by atoms with van der Waals surface area (Å²) in [4.78, 5) is 19.2. The molecule has 0 saturated carbocycles. The van der Waals surface area contributed by atoms with Crippen LogP contribution in [0, 0.1) is 0 Å². The number of benzene rings is 4. The van der Waals surface area contributed by atoms with E-state index in [1.54, 1.807) is 18.2 Å². The predicted molar refractivity (Wildman–Crippen MR) is 159 cm³/mol. The number of carbonyl (C=O) groups excluding carboxylic acids is 1. The molecule has 2 aromatic heterocycles. The van der Waals surface area contributed by atoms with Crippen molar-refractivity contribution in [1.82, 2.24) is 9.97 Å². The second kappa shape index (κ2) is 12.6. The first-order valence-electron chi connectivity index (χ1n) is 12.0. The number of rotatable bonds is 6. The van der Waals surface area contributed by atoms with Gasteiger partial charge in [-0.3, -0.25) is 4.79 Å². The van der Waals surface area contributed by atoms with E-state index >= 15 is 0 Å². The molecule has 0 spiro atoms. The van der Waals surface area contributed by atoms with Gasteiger partial charge in [0.05, 0.1) is 30.5 Å². The van der Waals surface area contributed by atoms with E-state index in [-0.39, 0.29) is 16.3 Å². The van der Waals surface area contributed by atoms with E-state index < -0.39 is 12.3 Å². The first-order chi connectivity index (χ1) is 20.1. The van der Waals surface area contributed by atoms with E-state index in [0.717, 1.165) is 38.9 Å². The van der Waals surface area contributed by atoms with Crippen LogP contribution in [0.5, 0.6) is 21.9 Å². The summed E-state index contributed by atoms with van der Waals surface area (Å²) in [6.45, 7) is 0. The van der Waals surface area contributed by atoms with Crippen molar-refractivity contribution >= 4 is 72.6 Å². The highest BCUT2D eigenvalue weighted by Crippen LogP contribution is 2.39. The maximum atomic E-state index is 12.5. The van der Waals surface area contributed by atoms with Crippen molar-refractivity contribution in [2.75, 3.05) is 0 Å². The average molecular weight is 649 g/mol. The van der Waals surface area contributed by atoms with Crippen LogP contribution in [0.1, 0.15) is 22.0 Å². The Labute approximate surface area is 254 Å². The van der Waals surface area contributed by atoms with Crippen LogP contribution in [0.15, 0.2) is 84.9 Å². The molecule has 2 heterocycles. The summed E-state index contributed by atoms with van der Waals surface area (Å²) >= 11 is 14.7. The van der Waals surface area contributed by atoms with Crippen LogP contribution in [0.25, 0.3) is 20.4 Å². The summed E-state index contributed by atoms with van der Waals surface area (Å²) in [5.41, 5.74) is 1.82. The standard InChI is InChI=1S/C15H9ClF3NO2S.C14H8ClNO2S/c16-9-7-8(13(21)15(17,18)19)5-6-11(9)22-14-20-10-3-1-2-4-12(10)23-14;15-10-7-9(8-17)5-6-12(10)18-14-16-11-3-1-2-4-13(11)19-14/h1-7,13,21H;1-8H. The maximum absolute atomic E-state index is 12.5. The lowest BCUT2D eigenvalue weighted by atomic mass is 10.1. The first-order valence-corrected chi connectivity index (χ1v) is 14.4. The van der Waals surface area contributed by atoms with Gasteiger partial charge >= 0.3 is 6.18 Å². The maximum Gasteiger partial charge on any atom is 0.418 e. The Balaban J connectivity index is 0.000000171. The number of hydrogen-bond donors (Lipinski definition) is 1. The zero-order valence-corrected chi connectivity index (χ0v) is 24.2. The molecule has 0 amide bonds. The van der Waals surface area contributed by atoms with E-state index in [1.165, 1.54) is 28.7 Å². The minimum absolute atomic E-state index is 0.0370. The third kappa shape index (κ3) is 7.00. The molecule has 6 rings (SSSR count). The number of nitrogens with zero attached hydrogens (tertiary/aromatic N) is 2. The number of fused-ring (bicyclic) bond motifs is 2. The molecule has 214 valence electrons. The summed E-state index contributed by atoms with van der Waals surface area (Å²) in [7, 11) is 0. The lowest BCUT2D eigenvalue weighted by Crippen LogP contribution is -2.20. The van der Waals surface area contributed by atoms with E-state index in [9.17, 15) is 23.1 Å². The summed E-state index contributed by atoms with van der Waals surface area (Å²) in [6.07, 6.45) is -6.59. The molecule has 0 aliphatic heterocycles. The topological polar surface area (TPSA) is 81.5 Å². The Morgan fingerprint density at radius 3 is 1.71 bits per heavy atom. The number of hydrogen-bond acceptors (Lipinski definition) is 8. The van der Waals surface area contributed by atoms with Crippen LogP contribution in [-0.2, 0) is 0 Å². The fraction of sp³-hybridized carbons (Fsp3) is 0.0690.